The lowest BCUT2D eigenvalue weighted by molar-refractivity contribution is 0.955. The molecule has 1 rings (SSSR count). The van der Waals surface area contributed by atoms with Crippen LogP contribution >= 0.6 is 0 Å². The molecule has 0 bridgehead atoms. The molecule has 0 heteroatoms. The number of allylic oxidation sites excluding steroid dienone is 2. The first kappa shape index (κ1) is 12.0. The van der Waals surface area contributed by atoms with Gasteiger partial charge in [0.25, 0.3) is 0 Å². The van der Waals surface area contributed by atoms with E-state index in [1.54, 1.807) is 0 Å². The molecular weight excluding hydrogens is 180 g/mol. The molecule has 0 atom stereocenters. The van der Waals surface area contributed by atoms with E-state index in [4.69, 9.17) is 0 Å². The minimum absolute atomic E-state index is 1.13. The van der Waals surface area contributed by atoms with Gasteiger partial charge in [0.15, 0.2) is 0 Å². The van der Waals surface area contributed by atoms with Crippen molar-refractivity contribution in [3.63, 3.8) is 0 Å². The van der Waals surface area contributed by atoms with Crippen molar-refractivity contribution < 1.29 is 0 Å². The second-order valence-electron chi connectivity index (χ2n) is 4.12. The highest BCUT2D eigenvalue weighted by Crippen LogP contribution is 2.24. The molecule has 82 valence electrons. The Labute approximate surface area is 94.0 Å². The number of unbranched alkanes of at least 4 members (excludes halogenated alkanes) is 1. The van der Waals surface area contributed by atoms with Gasteiger partial charge in [0.05, 0.1) is 0 Å². The normalized spacial score (nSPS) is 11.9. The van der Waals surface area contributed by atoms with Crippen LogP contribution in [-0.2, 0) is 0 Å². The smallest absolute Gasteiger partial charge is 0.0196 e. The number of aryl methyl sites for hydroxylation is 1. The highest BCUT2D eigenvalue weighted by atomic mass is 14.1. The second-order valence-corrected chi connectivity index (χ2v) is 4.12. The van der Waals surface area contributed by atoms with E-state index in [-0.39, 0.29) is 0 Å². The van der Waals surface area contributed by atoms with Crippen LogP contribution in [0.25, 0.3) is 5.57 Å². The molecule has 0 radical (unpaired) electrons. The van der Waals surface area contributed by atoms with Gasteiger partial charge < -0.3 is 0 Å². The molecule has 0 N–H and O–H groups in total. The highest BCUT2D eigenvalue weighted by Gasteiger charge is 2.04. The molecule has 0 saturated carbocycles. The molecule has 0 fully saturated rings. The van der Waals surface area contributed by atoms with Gasteiger partial charge in [-0.05, 0) is 49.0 Å². The number of hydrogen-bond acceptors (Lipinski definition) is 0. The summed E-state index contributed by atoms with van der Waals surface area (Å²) in [6.07, 6.45) is 5.94. The Hall–Kier alpha value is -1.04. The summed E-state index contributed by atoms with van der Waals surface area (Å²) in [7, 11) is 0. The summed E-state index contributed by atoms with van der Waals surface area (Å²) in [6.45, 7) is 8.88. The van der Waals surface area contributed by atoms with E-state index in [2.05, 4.69) is 52.0 Å². The standard InChI is InChI=1S/C15H22/c1-5-7-10-14(6-2)15-11-8-9-12(3)13(15)4/h8-11H,5-7H2,1-4H3/b14-10-. The summed E-state index contributed by atoms with van der Waals surface area (Å²) >= 11 is 0. The summed E-state index contributed by atoms with van der Waals surface area (Å²) in [6, 6.07) is 6.59. The maximum absolute atomic E-state index is 2.39. The molecule has 0 aliphatic carbocycles. The van der Waals surface area contributed by atoms with Crippen molar-refractivity contribution >= 4 is 5.57 Å². The van der Waals surface area contributed by atoms with Crippen molar-refractivity contribution in [1.29, 1.82) is 0 Å². The Kier molecular flexibility index (Phi) is 4.61. The van der Waals surface area contributed by atoms with E-state index < -0.39 is 0 Å². The van der Waals surface area contributed by atoms with Crippen LogP contribution in [-0.4, -0.2) is 0 Å². The molecule has 0 saturated heterocycles. The summed E-state index contributed by atoms with van der Waals surface area (Å²) in [5.74, 6) is 0. The summed E-state index contributed by atoms with van der Waals surface area (Å²) < 4.78 is 0. The lowest BCUT2D eigenvalue weighted by Crippen LogP contribution is -1.91. The first-order valence-electron chi connectivity index (χ1n) is 5.96. The molecule has 0 unspecified atom stereocenters. The van der Waals surface area contributed by atoms with Crippen molar-refractivity contribution in [1.82, 2.24) is 0 Å². The second kappa shape index (κ2) is 5.75. The van der Waals surface area contributed by atoms with Gasteiger partial charge in [0, 0.05) is 0 Å². The average molecular weight is 202 g/mol. The lowest BCUT2D eigenvalue weighted by atomic mass is 9.94. The molecule has 0 aliphatic rings. The zero-order valence-corrected chi connectivity index (χ0v) is 10.4. The molecular formula is C15H22. The van der Waals surface area contributed by atoms with Gasteiger partial charge in [0.2, 0.25) is 0 Å². The van der Waals surface area contributed by atoms with Gasteiger partial charge >= 0.3 is 0 Å². The molecule has 0 nitrogen and oxygen atoms in total. The zero-order chi connectivity index (χ0) is 11.3. The van der Waals surface area contributed by atoms with E-state index in [1.807, 2.05) is 0 Å². The molecule has 1 aromatic carbocycles. The van der Waals surface area contributed by atoms with E-state index in [0.717, 1.165) is 6.42 Å². The van der Waals surface area contributed by atoms with Gasteiger partial charge in [-0.2, -0.15) is 0 Å². The summed E-state index contributed by atoms with van der Waals surface area (Å²) in [5.41, 5.74) is 5.76. The predicted molar refractivity (Wildman–Crippen MR) is 69.1 cm³/mol. The van der Waals surface area contributed by atoms with Crippen molar-refractivity contribution in [2.75, 3.05) is 0 Å². The molecule has 0 aliphatic heterocycles. The SMILES string of the molecule is CCC/C=C(/CC)c1cccc(C)c1C. The third-order valence-electron chi connectivity index (χ3n) is 3.01. The third kappa shape index (κ3) is 2.95. The minimum atomic E-state index is 1.13. The van der Waals surface area contributed by atoms with Gasteiger partial charge in [-0.15, -0.1) is 0 Å². The number of hydrogen-bond donors (Lipinski definition) is 0. The molecule has 0 amide bonds. The average Bonchev–Trinajstić information content (AvgIpc) is 2.25. The highest BCUT2D eigenvalue weighted by molar-refractivity contribution is 5.68. The van der Waals surface area contributed by atoms with Crippen molar-refractivity contribution in [3.05, 3.63) is 41.0 Å². The number of benzene rings is 1. The topological polar surface area (TPSA) is 0 Å². The predicted octanol–water partition coefficient (Wildman–Crippen LogP) is 4.90. The van der Waals surface area contributed by atoms with Crippen molar-refractivity contribution in [2.24, 2.45) is 0 Å². The minimum Gasteiger partial charge on any atom is -0.0807 e. The fourth-order valence-corrected chi connectivity index (χ4v) is 1.86. The van der Waals surface area contributed by atoms with Crippen LogP contribution in [0.15, 0.2) is 24.3 Å². The molecule has 0 aromatic heterocycles. The van der Waals surface area contributed by atoms with Crippen LogP contribution in [0, 0.1) is 13.8 Å². The first-order valence-corrected chi connectivity index (χ1v) is 5.96. The van der Waals surface area contributed by atoms with Crippen LogP contribution in [0.4, 0.5) is 0 Å². The van der Waals surface area contributed by atoms with Crippen LogP contribution < -0.4 is 0 Å². The first-order chi connectivity index (χ1) is 7.20. The maximum atomic E-state index is 2.39. The van der Waals surface area contributed by atoms with Crippen LogP contribution in [0.2, 0.25) is 0 Å². The van der Waals surface area contributed by atoms with Gasteiger partial charge in [0.1, 0.15) is 0 Å². The van der Waals surface area contributed by atoms with Gasteiger partial charge in [-0.25, -0.2) is 0 Å². The van der Waals surface area contributed by atoms with Crippen LogP contribution in [0.5, 0.6) is 0 Å². The zero-order valence-electron chi connectivity index (χ0n) is 10.4. The van der Waals surface area contributed by atoms with E-state index >= 15 is 0 Å². The van der Waals surface area contributed by atoms with E-state index in [0.29, 0.717) is 0 Å². The Bertz CT molecular complexity index is 345. The van der Waals surface area contributed by atoms with Gasteiger partial charge in [-0.1, -0.05) is 44.5 Å². The molecule has 1 aromatic rings. The molecule has 0 spiro atoms. The Morgan fingerprint density at radius 3 is 2.53 bits per heavy atom. The third-order valence-corrected chi connectivity index (χ3v) is 3.01. The molecule has 15 heavy (non-hydrogen) atoms. The molecule has 0 heterocycles. The summed E-state index contributed by atoms with van der Waals surface area (Å²) in [5, 5.41) is 0. The van der Waals surface area contributed by atoms with Gasteiger partial charge in [-0.3, -0.25) is 0 Å². The fourth-order valence-electron chi connectivity index (χ4n) is 1.86. The van der Waals surface area contributed by atoms with Crippen molar-refractivity contribution in [3.8, 4) is 0 Å². The monoisotopic (exact) mass is 202 g/mol. The quantitative estimate of drug-likeness (QED) is 0.651. The lowest BCUT2D eigenvalue weighted by Gasteiger charge is -2.11. The van der Waals surface area contributed by atoms with E-state index in [9.17, 15) is 0 Å². The Balaban J connectivity index is 3.07. The number of rotatable bonds is 4. The Morgan fingerprint density at radius 2 is 1.93 bits per heavy atom. The van der Waals surface area contributed by atoms with Crippen molar-refractivity contribution in [2.45, 2.75) is 47.0 Å². The summed E-state index contributed by atoms with van der Waals surface area (Å²) in [4.78, 5) is 0. The van der Waals surface area contributed by atoms with E-state index in [1.165, 1.54) is 35.1 Å². The maximum Gasteiger partial charge on any atom is -0.0196 e. The van der Waals surface area contributed by atoms with Crippen LogP contribution in [0.1, 0.15) is 49.8 Å². The van der Waals surface area contributed by atoms with Crippen LogP contribution in [0.3, 0.4) is 0 Å². The fraction of sp³-hybridized carbons (Fsp3) is 0.467. The Morgan fingerprint density at radius 1 is 1.20 bits per heavy atom. The largest absolute Gasteiger partial charge is 0.0807 e.